The third-order valence-electron chi connectivity index (χ3n) is 9.69. The molecule has 47 heavy (non-hydrogen) atoms. The molecule has 11 rings (SSSR count). The smallest absolute Gasteiger partial charge is 0.235 e. The summed E-state index contributed by atoms with van der Waals surface area (Å²) in [5.74, 6) is 2.22. The lowest BCUT2D eigenvalue weighted by molar-refractivity contribution is 0.486. The second-order valence-corrected chi connectivity index (χ2v) is 12.2. The summed E-state index contributed by atoms with van der Waals surface area (Å²) in [7, 11) is 0. The monoisotopic (exact) mass is 600 g/mol. The van der Waals surface area contributed by atoms with Gasteiger partial charge in [-0.3, -0.25) is 4.57 Å². The van der Waals surface area contributed by atoms with Gasteiger partial charge in [0, 0.05) is 38.2 Å². The molecule has 5 heteroatoms. The number of para-hydroxylation sites is 4. The molecule has 0 radical (unpaired) electrons. The molecule has 0 saturated carbocycles. The number of rotatable bonds is 2. The van der Waals surface area contributed by atoms with Gasteiger partial charge >= 0.3 is 0 Å². The van der Waals surface area contributed by atoms with Crippen molar-refractivity contribution in [2.75, 3.05) is 0 Å². The molecular formula is C42H24N4O. The third kappa shape index (κ3) is 3.22. The molecule has 0 aliphatic carbocycles. The van der Waals surface area contributed by atoms with Crippen LogP contribution in [0.3, 0.4) is 0 Å². The van der Waals surface area contributed by atoms with Gasteiger partial charge in [0.05, 0.1) is 38.7 Å². The zero-order chi connectivity index (χ0) is 30.6. The fourth-order valence-corrected chi connectivity index (χ4v) is 7.83. The Bertz CT molecular complexity index is 2940. The van der Waals surface area contributed by atoms with Crippen molar-refractivity contribution in [3.63, 3.8) is 0 Å². The number of hydrogen-bond acceptors (Lipinski definition) is 3. The van der Waals surface area contributed by atoms with Crippen LogP contribution in [0.5, 0.6) is 11.5 Å². The van der Waals surface area contributed by atoms with E-state index in [0.717, 1.165) is 61.2 Å². The van der Waals surface area contributed by atoms with Crippen LogP contribution in [-0.4, -0.2) is 19.1 Å². The summed E-state index contributed by atoms with van der Waals surface area (Å²) in [6.45, 7) is 0. The molecule has 4 heterocycles. The first-order valence-electron chi connectivity index (χ1n) is 15.9. The van der Waals surface area contributed by atoms with Gasteiger partial charge in [-0.1, -0.05) is 97.1 Å². The van der Waals surface area contributed by atoms with E-state index in [4.69, 9.17) is 14.7 Å². The molecule has 0 saturated heterocycles. The Kier molecular flexibility index (Phi) is 4.78. The minimum atomic E-state index is 0.638. The Balaban J connectivity index is 1.39. The van der Waals surface area contributed by atoms with E-state index in [0.29, 0.717) is 5.95 Å². The van der Waals surface area contributed by atoms with Gasteiger partial charge < -0.3 is 9.30 Å². The normalized spacial score (nSPS) is 12.4. The molecule has 1 aliphatic heterocycles. The first kappa shape index (κ1) is 24.8. The second-order valence-electron chi connectivity index (χ2n) is 12.2. The Morgan fingerprint density at radius 2 is 1.06 bits per heavy atom. The molecule has 0 spiro atoms. The van der Waals surface area contributed by atoms with Crippen LogP contribution in [0, 0.1) is 0 Å². The molecule has 0 unspecified atom stereocenters. The highest BCUT2D eigenvalue weighted by Crippen LogP contribution is 2.48. The van der Waals surface area contributed by atoms with Crippen LogP contribution in [-0.2, 0) is 0 Å². The van der Waals surface area contributed by atoms with Crippen molar-refractivity contribution in [2.45, 2.75) is 0 Å². The van der Waals surface area contributed by atoms with Crippen molar-refractivity contribution >= 4 is 65.3 Å². The maximum absolute atomic E-state index is 6.32. The van der Waals surface area contributed by atoms with Crippen molar-refractivity contribution in [2.24, 2.45) is 0 Å². The van der Waals surface area contributed by atoms with E-state index < -0.39 is 0 Å². The molecule has 7 aromatic carbocycles. The highest BCUT2D eigenvalue weighted by molar-refractivity contribution is 6.36. The second kappa shape index (κ2) is 9.05. The van der Waals surface area contributed by atoms with E-state index in [1.807, 2.05) is 30.3 Å². The van der Waals surface area contributed by atoms with Crippen LogP contribution in [0.1, 0.15) is 0 Å². The van der Waals surface area contributed by atoms with Gasteiger partial charge in [0.1, 0.15) is 11.5 Å². The standard InChI is InChI=1S/C42H24N4O/c1-2-13-25(14-3-1)45-32-21-9-6-17-28(32)36-26-15-4-5-16-27(26)40-37(41(36)45)29-18-7-10-22-33(29)46(40)42-43-31-20-12-24-35-38(31)39(44-42)30-19-8-11-23-34(30)47-35/h1-24H. The maximum Gasteiger partial charge on any atom is 0.235 e. The fraction of sp³-hybridized carbons (Fsp3) is 0. The molecule has 0 N–H and O–H groups in total. The zero-order valence-electron chi connectivity index (χ0n) is 25.1. The number of aromatic nitrogens is 4. The average molecular weight is 601 g/mol. The molecule has 218 valence electrons. The summed E-state index contributed by atoms with van der Waals surface area (Å²) in [6.07, 6.45) is 0. The predicted molar refractivity (Wildman–Crippen MR) is 191 cm³/mol. The molecular weight excluding hydrogens is 576 g/mol. The number of benzene rings is 7. The van der Waals surface area contributed by atoms with Gasteiger partial charge in [-0.05, 0) is 53.9 Å². The zero-order valence-corrected chi connectivity index (χ0v) is 25.1. The Morgan fingerprint density at radius 1 is 0.426 bits per heavy atom. The lowest BCUT2D eigenvalue weighted by atomic mass is 9.99. The van der Waals surface area contributed by atoms with Crippen LogP contribution in [0.4, 0.5) is 0 Å². The van der Waals surface area contributed by atoms with Crippen LogP contribution < -0.4 is 4.74 Å². The van der Waals surface area contributed by atoms with Crippen molar-refractivity contribution in [1.29, 1.82) is 0 Å². The molecule has 3 aromatic heterocycles. The highest BCUT2D eigenvalue weighted by Gasteiger charge is 2.27. The van der Waals surface area contributed by atoms with Crippen LogP contribution in [0.25, 0.3) is 88.2 Å². The fourth-order valence-electron chi connectivity index (χ4n) is 7.83. The molecule has 0 atom stereocenters. The van der Waals surface area contributed by atoms with E-state index in [2.05, 4.69) is 124 Å². The Morgan fingerprint density at radius 3 is 1.89 bits per heavy atom. The summed E-state index contributed by atoms with van der Waals surface area (Å²) in [6, 6.07) is 51.1. The van der Waals surface area contributed by atoms with Crippen LogP contribution in [0.15, 0.2) is 146 Å². The van der Waals surface area contributed by atoms with Gasteiger partial charge in [-0.25, -0.2) is 9.97 Å². The van der Waals surface area contributed by atoms with Gasteiger partial charge in [0.2, 0.25) is 5.95 Å². The van der Waals surface area contributed by atoms with Crippen molar-refractivity contribution in [3.05, 3.63) is 146 Å². The van der Waals surface area contributed by atoms with Crippen LogP contribution >= 0.6 is 0 Å². The van der Waals surface area contributed by atoms with Gasteiger partial charge in [0.15, 0.2) is 0 Å². The minimum Gasteiger partial charge on any atom is -0.456 e. The van der Waals surface area contributed by atoms with Crippen molar-refractivity contribution < 1.29 is 4.74 Å². The molecule has 0 fully saturated rings. The first-order valence-corrected chi connectivity index (χ1v) is 15.9. The molecule has 0 amide bonds. The Hall–Kier alpha value is -6.46. The summed E-state index contributed by atoms with van der Waals surface area (Å²) in [5.41, 5.74) is 8.36. The summed E-state index contributed by atoms with van der Waals surface area (Å²) >= 11 is 0. The number of fused-ring (bicyclic) bond motifs is 12. The van der Waals surface area contributed by atoms with Gasteiger partial charge in [-0.15, -0.1) is 0 Å². The summed E-state index contributed by atoms with van der Waals surface area (Å²) < 4.78 is 11.0. The lowest BCUT2D eigenvalue weighted by Crippen LogP contribution is -2.06. The quantitative estimate of drug-likeness (QED) is 0.198. The predicted octanol–water partition coefficient (Wildman–Crippen LogP) is 10.7. The number of hydrogen-bond donors (Lipinski definition) is 0. The van der Waals surface area contributed by atoms with Gasteiger partial charge in [-0.2, -0.15) is 0 Å². The van der Waals surface area contributed by atoms with E-state index >= 15 is 0 Å². The average Bonchev–Trinajstić information content (AvgIpc) is 3.66. The largest absolute Gasteiger partial charge is 0.456 e. The number of ether oxygens (including phenoxy) is 1. The van der Waals surface area contributed by atoms with Crippen LogP contribution in [0.2, 0.25) is 0 Å². The summed E-state index contributed by atoms with van der Waals surface area (Å²) in [5, 5.41) is 8.13. The molecule has 10 aromatic rings. The Labute approximate surface area is 268 Å². The third-order valence-corrected chi connectivity index (χ3v) is 9.69. The van der Waals surface area contributed by atoms with E-state index in [9.17, 15) is 0 Å². The topological polar surface area (TPSA) is 44.9 Å². The lowest BCUT2D eigenvalue weighted by Gasteiger charge is -2.21. The van der Waals surface area contributed by atoms with Crippen molar-refractivity contribution in [1.82, 2.24) is 19.1 Å². The maximum atomic E-state index is 6.32. The van der Waals surface area contributed by atoms with E-state index in [1.54, 1.807) is 0 Å². The molecule has 1 aliphatic rings. The first-order chi connectivity index (χ1) is 23.3. The van der Waals surface area contributed by atoms with Gasteiger partial charge in [0.25, 0.3) is 0 Å². The molecule has 0 bridgehead atoms. The number of nitrogens with zero attached hydrogens (tertiary/aromatic N) is 4. The highest BCUT2D eigenvalue weighted by atomic mass is 16.5. The van der Waals surface area contributed by atoms with Crippen molar-refractivity contribution in [3.8, 4) is 34.4 Å². The van der Waals surface area contributed by atoms with E-state index in [1.165, 1.54) is 32.6 Å². The SMILES string of the molecule is c1ccc(-n2c3ccccc3c3c4ccccc4c4c(c5ccccc5n4-c4nc5c6c(cccc6n4)Oc4ccccc4-5)c32)cc1. The summed E-state index contributed by atoms with van der Waals surface area (Å²) in [4.78, 5) is 10.7. The molecule has 5 nitrogen and oxygen atoms in total. The minimum absolute atomic E-state index is 0.638. The van der Waals surface area contributed by atoms with E-state index in [-0.39, 0.29) is 0 Å².